The summed E-state index contributed by atoms with van der Waals surface area (Å²) >= 11 is 6.43. The molecule has 31 heavy (non-hydrogen) atoms. The van der Waals surface area contributed by atoms with E-state index in [2.05, 4.69) is 14.8 Å². The van der Waals surface area contributed by atoms with Crippen LogP contribution in [0.2, 0.25) is 5.15 Å². The second-order valence-electron chi connectivity index (χ2n) is 7.03. The Balaban J connectivity index is 1.60. The molecule has 0 aliphatic carbocycles. The van der Waals surface area contributed by atoms with Gasteiger partial charge in [-0.25, -0.2) is 22.9 Å². The Morgan fingerprint density at radius 3 is 2.65 bits per heavy atom. The van der Waals surface area contributed by atoms with Gasteiger partial charge in [-0.3, -0.25) is 0 Å². The Hall–Kier alpha value is -2.79. The lowest BCUT2D eigenvalue weighted by Gasteiger charge is -2.09. The maximum atomic E-state index is 12.3. The van der Waals surface area contributed by atoms with Crippen molar-refractivity contribution in [3.63, 3.8) is 0 Å². The van der Waals surface area contributed by atoms with Crippen molar-refractivity contribution in [2.75, 3.05) is 11.5 Å². The lowest BCUT2D eigenvalue weighted by Crippen LogP contribution is -2.12. The molecular formula is C19H16ClF2N3O5S. The first-order chi connectivity index (χ1) is 14.6. The fourth-order valence-corrected chi connectivity index (χ4v) is 5.41. The summed E-state index contributed by atoms with van der Waals surface area (Å²) in [7, 11) is -3.12. The van der Waals surface area contributed by atoms with Gasteiger partial charge >= 0.3 is 12.6 Å². The maximum absolute atomic E-state index is 12.3. The van der Waals surface area contributed by atoms with Crippen molar-refractivity contribution in [1.29, 1.82) is 0 Å². The summed E-state index contributed by atoms with van der Waals surface area (Å²) in [5, 5.41) is 4.54. The van der Waals surface area contributed by atoms with Crippen LogP contribution in [0.4, 0.5) is 8.78 Å². The minimum Gasteiger partial charge on any atom is -0.435 e. The number of alkyl halides is 2. The molecule has 1 atom stereocenters. The third-order valence-corrected chi connectivity index (χ3v) is 6.98. The zero-order valence-electron chi connectivity index (χ0n) is 16.1. The van der Waals surface area contributed by atoms with E-state index in [1.807, 2.05) is 0 Å². The van der Waals surface area contributed by atoms with Gasteiger partial charge in [0.05, 0.1) is 23.2 Å². The predicted molar refractivity (Wildman–Crippen MR) is 108 cm³/mol. The number of cyclic esters (lactones) is 1. The number of aryl methyl sites for hydroxylation is 1. The lowest BCUT2D eigenvalue weighted by atomic mass is 10.2. The molecule has 0 radical (unpaired) electrons. The van der Waals surface area contributed by atoms with Crippen molar-refractivity contribution in [2.24, 2.45) is 4.99 Å². The van der Waals surface area contributed by atoms with E-state index in [1.165, 1.54) is 35.0 Å². The summed E-state index contributed by atoms with van der Waals surface area (Å²) in [6.45, 7) is -1.26. The van der Waals surface area contributed by atoms with Crippen LogP contribution in [-0.4, -0.2) is 48.2 Å². The molecular weight excluding hydrogens is 456 g/mol. The van der Waals surface area contributed by atoms with E-state index < -0.39 is 22.4 Å². The Kier molecular flexibility index (Phi) is 5.56. The minimum absolute atomic E-state index is 0.00269. The highest BCUT2D eigenvalue weighted by molar-refractivity contribution is 7.91. The fraction of sp³-hybridized carbons (Fsp3) is 0.316. The third-order valence-electron chi connectivity index (χ3n) is 4.85. The molecule has 1 unspecified atom stereocenters. The van der Waals surface area contributed by atoms with Crippen LogP contribution in [0.5, 0.6) is 5.75 Å². The van der Waals surface area contributed by atoms with Gasteiger partial charge in [0, 0.05) is 11.1 Å². The molecule has 0 amide bonds. The summed E-state index contributed by atoms with van der Waals surface area (Å²) in [5.74, 6) is -0.718. The van der Waals surface area contributed by atoms with Crippen molar-refractivity contribution >= 4 is 39.4 Å². The standard InChI is InChI=1S/C19H16ClF2N3O5S/c1-10-14(16(20)25(24-10)12-6-7-31(27,28)9-12)8-15-18(26)30-17(23-15)11-2-4-13(5-3-11)29-19(21)22/h2-5,8,12,19H,6-7,9H2,1H3/b15-8+. The maximum Gasteiger partial charge on any atom is 0.387 e. The summed E-state index contributed by atoms with van der Waals surface area (Å²) in [4.78, 5) is 16.4. The van der Waals surface area contributed by atoms with Crippen molar-refractivity contribution in [3.05, 3.63) is 51.9 Å². The van der Waals surface area contributed by atoms with Gasteiger partial charge in [-0.05, 0) is 43.7 Å². The number of carbonyl (C=O) groups is 1. The highest BCUT2D eigenvalue weighted by Gasteiger charge is 2.32. The van der Waals surface area contributed by atoms with Crippen LogP contribution in [0.25, 0.3) is 6.08 Å². The fourth-order valence-electron chi connectivity index (χ4n) is 3.35. The largest absolute Gasteiger partial charge is 0.435 e. The molecule has 1 saturated heterocycles. The summed E-state index contributed by atoms with van der Waals surface area (Å²) in [5.41, 5.74) is 1.31. The monoisotopic (exact) mass is 471 g/mol. The second kappa shape index (κ2) is 8.04. The van der Waals surface area contributed by atoms with Crippen LogP contribution in [0.1, 0.15) is 29.3 Å². The van der Waals surface area contributed by atoms with Crippen molar-refractivity contribution < 1.29 is 31.5 Å². The number of hydrogen-bond acceptors (Lipinski definition) is 7. The average Bonchev–Trinajstić information content (AvgIpc) is 3.33. The molecule has 1 aromatic carbocycles. The quantitative estimate of drug-likeness (QED) is 0.490. The van der Waals surface area contributed by atoms with Gasteiger partial charge in [0.1, 0.15) is 10.9 Å². The van der Waals surface area contributed by atoms with Gasteiger partial charge in [0.15, 0.2) is 15.5 Å². The number of sulfone groups is 1. The first kappa shape index (κ1) is 21.4. The van der Waals surface area contributed by atoms with Crippen LogP contribution in [0, 0.1) is 6.92 Å². The molecule has 1 aromatic heterocycles. The molecule has 4 rings (SSSR count). The Labute approximate surface area is 181 Å². The number of halogens is 3. The van der Waals surface area contributed by atoms with Crippen LogP contribution < -0.4 is 4.74 Å². The van der Waals surface area contributed by atoms with Crippen LogP contribution in [0.3, 0.4) is 0 Å². The minimum atomic E-state index is -3.12. The van der Waals surface area contributed by atoms with Crippen LogP contribution in [0.15, 0.2) is 35.0 Å². The summed E-state index contributed by atoms with van der Waals surface area (Å²) in [6, 6.07) is 5.11. The molecule has 12 heteroatoms. The van der Waals surface area contributed by atoms with Gasteiger partial charge in [0.2, 0.25) is 5.90 Å². The van der Waals surface area contributed by atoms with Crippen LogP contribution >= 0.6 is 11.6 Å². The van der Waals surface area contributed by atoms with E-state index in [-0.39, 0.29) is 40.0 Å². The number of nitrogens with zero attached hydrogens (tertiary/aromatic N) is 3. The number of hydrogen-bond donors (Lipinski definition) is 0. The molecule has 0 N–H and O–H groups in total. The van der Waals surface area contributed by atoms with E-state index in [0.717, 1.165) is 0 Å². The molecule has 2 aliphatic rings. The van der Waals surface area contributed by atoms with Crippen molar-refractivity contribution in [2.45, 2.75) is 26.0 Å². The normalized spacial score (nSPS) is 21.6. The molecule has 0 saturated carbocycles. The van der Waals surface area contributed by atoms with E-state index in [0.29, 0.717) is 23.2 Å². The second-order valence-corrected chi connectivity index (χ2v) is 9.62. The van der Waals surface area contributed by atoms with Crippen molar-refractivity contribution in [1.82, 2.24) is 9.78 Å². The highest BCUT2D eigenvalue weighted by Crippen LogP contribution is 2.32. The number of ether oxygens (including phenoxy) is 2. The van der Waals surface area contributed by atoms with E-state index in [4.69, 9.17) is 16.3 Å². The summed E-state index contributed by atoms with van der Waals surface area (Å²) in [6.07, 6.45) is 1.84. The number of esters is 1. The molecule has 164 valence electrons. The molecule has 2 aliphatic heterocycles. The third kappa shape index (κ3) is 4.47. The van der Waals surface area contributed by atoms with Crippen molar-refractivity contribution in [3.8, 4) is 5.75 Å². The number of carbonyl (C=O) groups excluding carboxylic acids is 1. The lowest BCUT2D eigenvalue weighted by molar-refractivity contribution is -0.129. The number of rotatable bonds is 5. The number of aromatic nitrogens is 2. The molecule has 8 nitrogen and oxygen atoms in total. The topological polar surface area (TPSA) is 99.8 Å². The zero-order chi connectivity index (χ0) is 22.3. The smallest absolute Gasteiger partial charge is 0.387 e. The summed E-state index contributed by atoms with van der Waals surface area (Å²) < 4.78 is 59.0. The van der Waals surface area contributed by atoms with Crippen LogP contribution in [-0.2, 0) is 19.4 Å². The molecule has 2 aromatic rings. The molecule has 0 bridgehead atoms. The Morgan fingerprint density at radius 2 is 2.03 bits per heavy atom. The van der Waals surface area contributed by atoms with E-state index >= 15 is 0 Å². The first-order valence-electron chi connectivity index (χ1n) is 9.16. The predicted octanol–water partition coefficient (Wildman–Crippen LogP) is 3.15. The number of benzene rings is 1. The van der Waals surface area contributed by atoms with E-state index in [9.17, 15) is 22.0 Å². The SMILES string of the molecule is Cc1nn(C2CCS(=O)(=O)C2)c(Cl)c1/C=C1/N=C(c2ccc(OC(F)F)cc2)OC1=O. The Bertz CT molecular complexity index is 1210. The first-order valence-corrected chi connectivity index (χ1v) is 11.4. The molecule has 0 spiro atoms. The Morgan fingerprint density at radius 1 is 1.32 bits per heavy atom. The molecule has 1 fully saturated rings. The average molecular weight is 472 g/mol. The van der Waals surface area contributed by atoms with Gasteiger partial charge in [-0.15, -0.1) is 0 Å². The van der Waals surface area contributed by atoms with E-state index in [1.54, 1.807) is 6.92 Å². The zero-order valence-corrected chi connectivity index (χ0v) is 17.7. The van der Waals surface area contributed by atoms with Gasteiger partial charge < -0.3 is 9.47 Å². The number of aliphatic imine (C=N–C) groups is 1. The van der Waals surface area contributed by atoms with Gasteiger partial charge in [0.25, 0.3) is 0 Å². The van der Waals surface area contributed by atoms with Gasteiger partial charge in [-0.2, -0.15) is 13.9 Å². The highest BCUT2D eigenvalue weighted by atomic mass is 35.5. The van der Waals surface area contributed by atoms with Gasteiger partial charge in [-0.1, -0.05) is 11.6 Å². The molecule has 3 heterocycles.